The first-order valence-corrected chi connectivity index (χ1v) is 6.69. The molecule has 0 heterocycles. The Morgan fingerprint density at radius 3 is 2.00 bits per heavy atom. The summed E-state index contributed by atoms with van der Waals surface area (Å²) in [6, 6.07) is 10.8. The van der Waals surface area contributed by atoms with Crippen molar-refractivity contribution in [1.29, 1.82) is 0 Å². The smallest absolute Gasteiger partial charge is 0.744 e. The van der Waals surface area contributed by atoms with Crippen molar-refractivity contribution in [3.05, 3.63) is 59.7 Å². The number of benzene rings is 2. The zero-order valence-corrected chi connectivity index (χ0v) is 13.4. The largest absolute Gasteiger partial charge is 1.00 e. The van der Waals surface area contributed by atoms with Gasteiger partial charge in [-0.25, -0.2) is 8.42 Å². The van der Waals surface area contributed by atoms with Crippen molar-refractivity contribution in [1.82, 2.24) is 0 Å². The Labute approximate surface area is 138 Å². The second-order valence-corrected chi connectivity index (χ2v) is 5.14. The second-order valence-electron chi connectivity index (χ2n) is 3.80. The van der Waals surface area contributed by atoms with Gasteiger partial charge in [0.1, 0.15) is 15.9 Å². The number of carbonyl (C=O) groups excluding carboxylic acids is 1. The van der Waals surface area contributed by atoms with Gasteiger partial charge in [-0.1, -0.05) is 24.3 Å². The second kappa shape index (κ2) is 6.51. The molecule has 0 aromatic heterocycles. The Balaban J connectivity index is 0.00000200. The van der Waals surface area contributed by atoms with Gasteiger partial charge in [0.2, 0.25) is 0 Å². The van der Waals surface area contributed by atoms with Gasteiger partial charge >= 0.3 is 29.6 Å². The third-order valence-electron chi connectivity index (χ3n) is 2.55. The van der Waals surface area contributed by atoms with E-state index < -0.39 is 20.8 Å². The van der Waals surface area contributed by atoms with Gasteiger partial charge in [-0.2, -0.15) is 0 Å². The van der Waals surface area contributed by atoms with E-state index in [9.17, 15) is 22.9 Å². The summed E-state index contributed by atoms with van der Waals surface area (Å²) in [4.78, 5) is 11.6. The molecule has 2 aromatic rings. The van der Waals surface area contributed by atoms with E-state index in [0.29, 0.717) is 0 Å². The molecular weight excluding hydrogens is 291 g/mol. The van der Waals surface area contributed by atoms with Gasteiger partial charge in [-0.05, 0) is 24.3 Å². The van der Waals surface area contributed by atoms with Crippen molar-refractivity contribution < 1.29 is 52.4 Å². The van der Waals surface area contributed by atoms with Gasteiger partial charge < -0.3 is 9.66 Å². The van der Waals surface area contributed by atoms with Gasteiger partial charge in [0.25, 0.3) is 0 Å². The summed E-state index contributed by atoms with van der Waals surface area (Å²) in [5.74, 6) is -0.987. The molecule has 1 N–H and O–H groups in total. The van der Waals surface area contributed by atoms with E-state index in [1.54, 1.807) is 0 Å². The summed E-state index contributed by atoms with van der Waals surface area (Å²) < 4.78 is 33.3. The van der Waals surface area contributed by atoms with E-state index in [-0.39, 0.29) is 46.4 Å². The van der Waals surface area contributed by atoms with Crippen LogP contribution in [0.3, 0.4) is 0 Å². The van der Waals surface area contributed by atoms with Gasteiger partial charge in [0.05, 0.1) is 10.5 Å². The average molecular weight is 300 g/mol. The summed E-state index contributed by atoms with van der Waals surface area (Å²) in [5, 5.41) is 9.59. The molecule has 0 atom stereocenters. The van der Waals surface area contributed by atoms with Crippen LogP contribution < -0.4 is 29.6 Å². The molecule has 20 heavy (non-hydrogen) atoms. The Hall–Kier alpha value is -1.18. The number of hydrogen-bond acceptors (Lipinski definition) is 5. The zero-order chi connectivity index (χ0) is 14.0. The van der Waals surface area contributed by atoms with Crippen LogP contribution in [-0.4, -0.2) is 23.9 Å². The molecule has 0 amide bonds. The SMILES string of the molecule is O=C(c1ccccc1O)c1ccccc1S(=O)(=O)[O-].[Na+]. The number of phenolic OH excluding ortho intramolecular Hbond substituents is 1. The molecule has 98 valence electrons. The first kappa shape index (κ1) is 16.9. The maximum atomic E-state index is 12.2. The van der Waals surface area contributed by atoms with Crippen LogP contribution in [0.4, 0.5) is 0 Å². The number of phenols is 1. The number of carbonyl (C=O) groups is 1. The van der Waals surface area contributed by atoms with Crippen LogP contribution in [0.15, 0.2) is 53.4 Å². The molecule has 0 saturated heterocycles. The van der Waals surface area contributed by atoms with Crippen LogP contribution in [0.5, 0.6) is 5.75 Å². The molecule has 0 aliphatic carbocycles. The molecule has 0 aliphatic rings. The van der Waals surface area contributed by atoms with Crippen molar-refractivity contribution in [2.45, 2.75) is 4.90 Å². The van der Waals surface area contributed by atoms with Crippen molar-refractivity contribution in [3.8, 4) is 5.75 Å². The first-order chi connectivity index (χ1) is 8.91. The Morgan fingerprint density at radius 2 is 1.45 bits per heavy atom. The summed E-state index contributed by atoms with van der Waals surface area (Å²) in [6.45, 7) is 0. The van der Waals surface area contributed by atoms with Crippen molar-refractivity contribution in [2.24, 2.45) is 0 Å². The Morgan fingerprint density at radius 1 is 0.950 bits per heavy atom. The fourth-order valence-corrected chi connectivity index (χ4v) is 2.36. The van der Waals surface area contributed by atoms with E-state index in [0.717, 1.165) is 6.07 Å². The summed E-state index contributed by atoms with van der Waals surface area (Å²) in [5.41, 5.74) is -0.308. The van der Waals surface area contributed by atoms with Gasteiger partial charge in [-0.3, -0.25) is 4.79 Å². The first-order valence-electron chi connectivity index (χ1n) is 5.29. The Bertz CT molecular complexity index is 740. The number of aromatic hydroxyl groups is 1. The fraction of sp³-hybridized carbons (Fsp3) is 0. The predicted molar refractivity (Wildman–Crippen MR) is 65.9 cm³/mol. The Kier molecular flexibility index (Phi) is 5.50. The normalized spacial score (nSPS) is 10.7. The molecule has 0 saturated carbocycles. The van der Waals surface area contributed by atoms with Gasteiger partial charge in [0, 0.05) is 5.56 Å². The molecule has 0 spiro atoms. The zero-order valence-electron chi connectivity index (χ0n) is 10.6. The number of para-hydroxylation sites is 1. The van der Waals surface area contributed by atoms with Crippen LogP contribution in [0, 0.1) is 0 Å². The minimum absolute atomic E-state index is 0. The number of ketones is 1. The third-order valence-corrected chi connectivity index (χ3v) is 3.44. The van der Waals surface area contributed by atoms with E-state index in [1.165, 1.54) is 42.5 Å². The maximum Gasteiger partial charge on any atom is 1.00 e. The van der Waals surface area contributed by atoms with E-state index in [2.05, 4.69) is 0 Å². The van der Waals surface area contributed by atoms with Crippen LogP contribution >= 0.6 is 0 Å². The predicted octanol–water partition coefficient (Wildman–Crippen LogP) is -1.47. The van der Waals surface area contributed by atoms with Crippen LogP contribution in [0.25, 0.3) is 0 Å². The minimum atomic E-state index is -4.75. The van der Waals surface area contributed by atoms with Crippen LogP contribution in [-0.2, 0) is 10.1 Å². The average Bonchev–Trinajstić information content (AvgIpc) is 2.37. The summed E-state index contributed by atoms with van der Waals surface area (Å²) >= 11 is 0. The number of rotatable bonds is 3. The molecule has 7 heteroatoms. The monoisotopic (exact) mass is 300 g/mol. The van der Waals surface area contributed by atoms with Crippen molar-refractivity contribution >= 4 is 15.9 Å². The van der Waals surface area contributed by atoms with Gasteiger partial charge in [-0.15, -0.1) is 0 Å². The van der Waals surface area contributed by atoms with E-state index in [4.69, 9.17) is 0 Å². The summed E-state index contributed by atoms with van der Waals surface area (Å²) in [6.07, 6.45) is 0. The molecule has 0 aliphatic heterocycles. The minimum Gasteiger partial charge on any atom is -0.744 e. The quantitative estimate of drug-likeness (QED) is 0.424. The molecule has 0 bridgehead atoms. The summed E-state index contributed by atoms with van der Waals surface area (Å²) in [7, 11) is -4.75. The van der Waals surface area contributed by atoms with Crippen LogP contribution in [0.2, 0.25) is 0 Å². The molecule has 2 aromatic carbocycles. The van der Waals surface area contributed by atoms with Gasteiger partial charge in [0.15, 0.2) is 5.78 Å². The molecule has 5 nitrogen and oxygen atoms in total. The topological polar surface area (TPSA) is 94.5 Å². The fourth-order valence-electron chi connectivity index (χ4n) is 1.68. The molecular formula is C13H9NaO5S. The van der Waals surface area contributed by atoms with Crippen molar-refractivity contribution in [2.75, 3.05) is 0 Å². The molecule has 0 radical (unpaired) electrons. The standard InChI is InChI=1S/C13H10O5S.Na/c14-11-7-3-1-5-9(11)13(15)10-6-2-4-8-12(10)19(16,17)18;/h1-8,14H,(H,16,17,18);/q;+1/p-1. The third kappa shape index (κ3) is 3.47. The van der Waals surface area contributed by atoms with E-state index in [1.807, 2.05) is 0 Å². The van der Waals surface area contributed by atoms with Crippen LogP contribution in [0.1, 0.15) is 15.9 Å². The maximum absolute atomic E-state index is 12.2. The molecule has 0 fully saturated rings. The molecule has 2 rings (SSSR count). The van der Waals surface area contributed by atoms with Crippen molar-refractivity contribution in [3.63, 3.8) is 0 Å². The molecule has 0 unspecified atom stereocenters. The number of hydrogen-bond donors (Lipinski definition) is 1. The van der Waals surface area contributed by atoms with E-state index >= 15 is 0 Å².